The van der Waals surface area contributed by atoms with Crippen molar-refractivity contribution in [1.82, 2.24) is 49.5 Å². The second kappa shape index (κ2) is 29.7. The summed E-state index contributed by atoms with van der Waals surface area (Å²) in [5.41, 5.74) is 0.935. The molecule has 0 spiro atoms. The first-order valence-electron chi connectivity index (χ1n) is 28.5. The Bertz CT molecular complexity index is 3740. The Morgan fingerprint density at radius 3 is 1.42 bits per heavy atom. The number of carbonyl (C=O) groups excluding carboxylic acids is 2. The van der Waals surface area contributed by atoms with Gasteiger partial charge in [0.15, 0.2) is 11.6 Å². The number of aromatic nitrogens is 10. The third-order valence-electron chi connectivity index (χ3n) is 14.1. The molecular weight excluding hydrogens is 1310 g/mol. The van der Waals surface area contributed by atoms with Crippen molar-refractivity contribution < 1.29 is 72.9 Å². The van der Waals surface area contributed by atoms with Crippen LogP contribution in [0, 0.1) is 36.3 Å². The topological polar surface area (TPSA) is 289 Å². The van der Waals surface area contributed by atoms with Gasteiger partial charge in [0.25, 0.3) is 0 Å². The average molecular weight is 1390 g/mol. The number of methoxy groups -OCH3 is 2. The minimum absolute atomic E-state index is 0.0643. The van der Waals surface area contributed by atoms with Crippen LogP contribution in [-0.2, 0) is 71.0 Å². The van der Waals surface area contributed by atoms with Crippen LogP contribution in [0.1, 0.15) is 66.5 Å². The molecule has 7 heterocycles. The van der Waals surface area contributed by atoms with Crippen LogP contribution in [0.15, 0.2) is 63.8 Å². The number of aryl methyl sites for hydroxylation is 2. The zero-order valence-electron chi connectivity index (χ0n) is 55.0. The van der Waals surface area contributed by atoms with Crippen LogP contribution in [0.5, 0.6) is 11.8 Å². The van der Waals surface area contributed by atoms with Crippen LogP contribution < -0.4 is 14.9 Å². The smallest absolute Gasteiger partial charge is 0.476 e. The van der Waals surface area contributed by atoms with Crippen molar-refractivity contribution >= 4 is 76.3 Å². The van der Waals surface area contributed by atoms with Crippen LogP contribution in [0.2, 0.25) is 51.4 Å². The molecule has 0 unspecified atom stereocenters. The first kappa shape index (κ1) is 74.7. The molecule has 0 aromatic carbocycles. The predicted octanol–water partition coefficient (Wildman–Crippen LogP) is 9.37. The third kappa shape index (κ3) is 20.8. The number of hydrogen-bond donors (Lipinski definition) is 0. The lowest BCUT2D eigenvalue weighted by atomic mass is 9.77. The minimum Gasteiger partial charge on any atom is -0.476 e. The van der Waals surface area contributed by atoms with Gasteiger partial charge in [-0.3, -0.25) is 9.59 Å². The number of esters is 2. The number of sulfone groups is 2. The molecule has 494 valence electrons. The van der Waals surface area contributed by atoms with E-state index in [0.29, 0.717) is 40.6 Å². The summed E-state index contributed by atoms with van der Waals surface area (Å²) >= 11 is 3.12. The Morgan fingerprint density at radius 1 is 0.633 bits per heavy atom. The van der Waals surface area contributed by atoms with Gasteiger partial charge in [-0.2, -0.15) is 9.97 Å². The van der Waals surface area contributed by atoms with Gasteiger partial charge in [-0.25, -0.2) is 54.9 Å². The first-order chi connectivity index (χ1) is 41.4. The van der Waals surface area contributed by atoms with Crippen molar-refractivity contribution in [2.45, 2.75) is 156 Å². The second-order valence-corrected chi connectivity index (χ2v) is 42.3. The molecule has 0 amide bonds. The molecule has 6 aromatic rings. The highest BCUT2D eigenvalue weighted by Crippen LogP contribution is 2.37. The van der Waals surface area contributed by atoms with E-state index >= 15 is 4.39 Å². The Balaban J connectivity index is 0.000000257. The van der Waals surface area contributed by atoms with Crippen molar-refractivity contribution in [3.63, 3.8) is 0 Å². The molecule has 90 heavy (non-hydrogen) atoms. The summed E-state index contributed by atoms with van der Waals surface area (Å²) in [6, 6.07) is 7.82. The molecule has 0 N–H and O–H groups in total. The number of nitrogens with zero attached hydrogens (tertiary/aromatic N) is 10. The molecule has 1 fully saturated rings. The molecule has 6 aromatic heterocycles. The fourth-order valence-corrected chi connectivity index (χ4v) is 11.2. The number of ether oxygens (including phenoxy) is 6. The standard InChI is InChI=1S/C26H36FN5O6SSi.C18H28BNO5.C14H20BrFN4O3SSi/c1-17-11-21(38-15-26(2,3)24(33)36-4)28-14-19(17)18-12-20(27)22(29-13-18)23-30-25(39(5,34)35)32(31-23)16-37-9-10-40(6,7)8;1-12-9-14(23-11-16(2,3)15(21)22-8)20-10-13(12)19-24-17(4,5)18(6,7)25-19;1-24(21,22)14-18-13(12-11(16)7-10(15)8-17-12)19-20(14)9-23-5-6-25(2,3)4/h11-14H,9-10,15-16H2,1-8H3;9-10H,11H2,1-8H3;7-8H,5-6,9H2,1-4H3. The Morgan fingerprint density at radius 2 is 1.04 bits per heavy atom. The van der Waals surface area contributed by atoms with E-state index in [1.54, 1.807) is 40.0 Å². The predicted molar refractivity (Wildman–Crippen MR) is 344 cm³/mol. The summed E-state index contributed by atoms with van der Waals surface area (Å²) < 4.78 is 125. The Labute approximate surface area is 537 Å². The summed E-state index contributed by atoms with van der Waals surface area (Å²) in [7, 11) is -7.78. The summed E-state index contributed by atoms with van der Waals surface area (Å²) in [5, 5.41) is 7.64. The van der Waals surface area contributed by atoms with Gasteiger partial charge < -0.3 is 37.7 Å². The van der Waals surface area contributed by atoms with E-state index in [9.17, 15) is 30.8 Å². The van der Waals surface area contributed by atoms with Gasteiger partial charge in [0.2, 0.25) is 53.4 Å². The number of carbonyl (C=O) groups is 2. The van der Waals surface area contributed by atoms with Crippen molar-refractivity contribution in [2.24, 2.45) is 10.8 Å². The fourth-order valence-electron chi connectivity index (χ4n) is 7.89. The van der Waals surface area contributed by atoms with Gasteiger partial charge in [0.1, 0.15) is 38.1 Å². The quantitative estimate of drug-likeness (QED) is 0.0309. The van der Waals surface area contributed by atoms with E-state index in [-0.39, 0.29) is 66.0 Å². The van der Waals surface area contributed by atoms with E-state index in [2.05, 4.69) is 95.3 Å². The highest BCUT2D eigenvalue weighted by molar-refractivity contribution is 9.10. The maximum atomic E-state index is 15.3. The third-order valence-corrected chi connectivity index (χ3v) is 19.9. The van der Waals surface area contributed by atoms with Gasteiger partial charge in [0.05, 0.1) is 36.3 Å². The average Bonchev–Trinajstić information content (AvgIpc) is 1.64. The summed E-state index contributed by atoms with van der Waals surface area (Å²) in [5.74, 6) is -1.60. The maximum Gasteiger partial charge on any atom is 0.496 e. The Hall–Kier alpha value is -6.00. The van der Waals surface area contributed by atoms with Gasteiger partial charge in [-0.05, 0) is 121 Å². The molecule has 0 saturated carbocycles. The summed E-state index contributed by atoms with van der Waals surface area (Å²) in [6.45, 7) is 33.0. The van der Waals surface area contributed by atoms with E-state index in [1.165, 1.54) is 44.9 Å². The minimum atomic E-state index is -3.76. The number of pyridine rings is 4. The monoisotopic (exact) mass is 1390 g/mol. The molecule has 24 nitrogen and oxygen atoms in total. The molecule has 1 aliphatic heterocycles. The molecular formula is C58H84BBrF2N10O14S2Si2. The van der Waals surface area contributed by atoms with E-state index in [0.717, 1.165) is 50.6 Å². The zero-order valence-corrected chi connectivity index (χ0v) is 60.2. The van der Waals surface area contributed by atoms with Crippen LogP contribution >= 0.6 is 15.9 Å². The van der Waals surface area contributed by atoms with E-state index in [1.807, 2.05) is 47.6 Å². The fraction of sp³-hybridized carbons (Fsp3) is 0.552. The van der Waals surface area contributed by atoms with Gasteiger partial charge in [0, 0.05) is 99.9 Å². The SMILES string of the molecule is COC(=O)C(C)(C)COc1cc(C)c(-c2cnc(-c3nc(S(C)(=O)=O)n(COCC[Si](C)(C)C)n3)c(F)c2)cn1.COC(=O)C(C)(C)COc1cc(C)c(B2OC(C)(C)C(C)(C)O2)cn1.C[Si](C)(C)CCOCn1nc(-c2ncc(Br)cc2F)nc1S(C)(=O)=O. The van der Waals surface area contributed by atoms with Crippen LogP contribution in [0.3, 0.4) is 0 Å². The molecule has 0 aliphatic carbocycles. The number of rotatable bonds is 24. The molecule has 7 rings (SSSR count). The van der Waals surface area contributed by atoms with Crippen LogP contribution in [0.25, 0.3) is 34.2 Å². The molecule has 0 bridgehead atoms. The molecule has 1 saturated heterocycles. The van der Waals surface area contributed by atoms with Gasteiger partial charge in [-0.1, -0.05) is 39.3 Å². The first-order valence-corrected chi connectivity index (χ1v) is 40.5. The normalized spacial score (nSPS) is 14.3. The maximum absolute atomic E-state index is 15.3. The lowest BCUT2D eigenvalue weighted by molar-refractivity contribution is -0.153. The summed E-state index contributed by atoms with van der Waals surface area (Å²) in [6.07, 6.45) is 8.09. The van der Waals surface area contributed by atoms with Gasteiger partial charge >= 0.3 is 19.1 Å². The van der Waals surface area contributed by atoms with Crippen molar-refractivity contribution in [1.29, 1.82) is 0 Å². The Kier molecular flexibility index (Phi) is 24.7. The van der Waals surface area contributed by atoms with E-state index in [4.69, 9.17) is 37.7 Å². The largest absolute Gasteiger partial charge is 0.496 e. The highest BCUT2D eigenvalue weighted by atomic mass is 79.9. The number of hydrogen-bond acceptors (Lipinski definition) is 22. The molecule has 32 heteroatoms. The highest BCUT2D eigenvalue weighted by Gasteiger charge is 2.52. The zero-order chi connectivity index (χ0) is 67.8. The molecule has 1 aliphatic rings. The van der Waals surface area contributed by atoms with Crippen molar-refractivity contribution in [3.05, 3.63) is 76.3 Å². The summed E-state index contributed by atoms with van der Waals surface area (Å²) in [4.78, 5) is 48.3. The van der Waals surface area contributed by atoms with Gasteiger partial charge in [-0.15, -0.1) is 10.2 Å². The van der Waals surface area contributed by atoms with Crippen molar-refractivity contribution in [2.75, 3.05) is 53.2 Å². The molecule has 0 atom stereocenters. The molecule has 0 radical (unpaired) electrons. The van der Waals surface area contributed by atoms with Crippen LogP contribution in [0.4, 0.5) is 8.78 Å². The van der Waals surface area contributed by atoms with E-state index < -0.39 is 82.6 Å². The van der Waals surface area contributed by atoms with Crippen LogP contribution in [-0.4, -0.2) is 166 Å². The lowest BCUT2D eigenvalue weighted by Gasteiger charge is -2.32. The van der Waals surface area contributed by atoms with Crippen molar-refractivity contribution in [3.8, 4) is 45.9 Å². The lowest BCUT2D eigenvalue weighted by Crippen LogP contribution is -2.41. The number of halogens is 3. The second-order valence-electron chi connectivity index (χ2n) is 26.3.